The standard InChI is InChI=1S/C48H79O11P/c1-3-5-7-9-11-13-14-15-16-17-18-19-20-21-22-24-26-30-34-38-47(52)56-42-46(43-58-60(54,55)57-41-45(51)40-49)59-48(53)39-35-31-27-29-33-37-44(50)36-32-28-25-23-12-10-8-6-4-2/h11-13,15-16,18-19,21-23,27-29,32-33,37,44-46,49-51H,3-10,14,17,20,24-26,30-31,34-36,38-43H2,1-2H3,(H,54,55)/b13-11-,16-15-,19-18-,22-21-,23-12-,29-27+,32-28-,37-33-/t44?,45-,46+/m0/s1. The van der Waals surface area contributed by atoms with Crippen LogP contribution < -0.4 is 0 Å². The van der Waals surface area contributed by atoms with E-state index in [0.717, 1.165) is 51.4 Å². The number of allylic oxidation sites excluding steroid dienone is 14. The van der Waals surface area contributed by atoms with Crippen LogP contribution in [0, 0.1) is 0 Å². The highest BCUT2D eigenvalue weighted by atomic mass is 31.2. The zero-order chi connectivity index (χ0) is 44.2. The Morgan fingerprint density at radius 2 is 1.07 bits per heavy atom. The first kappa shape index (κ1) is 56.9. The third-order valence-corrected chi connectivity index (χ3v) is 9.74. The summed E-state index contributed by atoms with van der Waals surface area (Å²) in [5.74, 6) is -1.10. The second-order valence-corrected chi connectivity index (χ2v) is 16.0. The summed E-state index contributed by atoms with van der Waals surface area (Å²) < 4.78 is 32.6. The van der Waals surface area contributed by atoms with Crippen LogP contribution in [0.4, 0.5) is 0 Å². The number of unbranched alkanes of at least 4 members (excludes halogenated alkanes) is 10. The van der Waals surface area contributed by atoms with Crippen LogP contribution in [0.1, 0.15) is 149 Å². The van der Waals surface area contributed by atoms with Crippen molar-refractivity contribution in [3.8, 4) is 0 Å². The monoisotopic (exact) mass is 863 g/mol. The van der Waals surface area contributed by atoms with Crippen molar-refractivity contribution in [2.24, 2.45) is 0 Å². The predicted octanol–water partition coefficient (Wildman–Crippen LogP) is 11.0. The molecular weight excluding hydrogens is 783 g/mol. The summed E-state index contributed by atoms with van der Waals surface area (Å²) in [7, 11) is -4.67. The molecular formula is C48H79O11P. The van der Waals surface area contributed by atoms with E-state index in [0.29, 0.717) is 25.7 Å². The molecule has 0 aromatic heterocycles. The van der Waals surface area contributed by atoms with Crippen LogP contribution in [0.5, 0.6) is 0 Å². The predicted molar refractivity (Wildman–Crippen MR) is 243 cm³/mol. The molecule has 4 atom stereocenters. The second-order valence-electron chi connectivity index (χ2n) is 14.6. The van der Waals surface area contributed by atoms with Crippen LogP contribution >= 0.6 is 7.82 Å². The second kappa shape index (κ2) is 42.5. The van der Waals surface area contributed by atoms with Crippen molar-refractivity contribution in [1.29, 1.82) is 0 Å². The minimum absolute atomic E-state index is 0.0361. The highest BCUT2D eigenvalue weighted by molar-refractivity contribution is 7.47. The van der Waals surface area contributed by atoms with Crippen molar-refractivity contribution in [3.63, 3.8) is 0 Å². The maximum Gasteiger partial charge on any atom is 0.472 e. The van der Waals surface area contributed by atoms with Gasteiger partial charge in [0.05, 0.1) is 25.9 Å². The van der Waals surface area contributed by atoms with Gasteiger partial charge in [-0.2, -0.15) is 0 Å². The lowest BCUT2D eigenvalue weighted by Gasteiger charge is -2.20. The molecule has 60 heavy (non-hydrogen) atoms. The lowest BCUT2D eigenvalue weighted by atomic mass is 10.1. The molecule has 0 radical (unpaired) electrons. The van der Waals surface area contributed by atoms with Gasteiger partial charge in [0, 0.05) is 12.8 Å². The van der Waals surface area contributed by atoms with Crippen molar-refractivity contribution in [2.45, 2.75) is 167 Å². The van der Waals surface area contributed by atoms with E-state index in [1.165, 1.54) is 44.9 Å². The van der Waals surface area contributed by atoms with E-state index in [2.05, 4.69) is 79.1 Å². The Balaban J connectivity index is 4.54. The number of esters is 2. The maximum absolute atomic E-state index is 12.6. The van der Waals surface area contributed by atoms with Crippen LogP contribution in [-0.2, 0) is 32.7 Å². The van der Waals surface area contributed by atoms with Gasteiger partial charge in [0.2, 0.25) is 0 Å². The topological polar surface area (TPSA) is 169 Å². The normalized spacial score (nSPS) is 15.2. The Hall–Kier alpha value is -3.15. The third kappa shape index (κ3) is 41.6. The number of carbonyl (C=O) groups is 2. The van der Waals surface area contributed by atoms with Crippen LogP contribution in [0.2, 0.25) is 0 Å². The molecule has 12 heteroatoms. The average molecular weight is 863 g/mol. The fourth-order valence-electron chi connectivity index (χ4n) is 5.28. The molecule has 0 aliphatic rings. The van der Waals surface area contributed by atoms with Crippen molar-refractivity contribution in [2.75, 3.05) is 26.4 Å². The molecule has 0 saturated heterocycles. The molecule has 342 valence electrons. The Labute approximate surface area is 362 Å². The molecule has 0 aromatic rings. The van der Waals surface area contributed by atoms with Crippen molar-refractivity contribution < 1.29 is 52.9 Å². The van der Waals surface area contributed by atoms with Gasteiger partial charge in [0.15, 0.2) is 6.10 Å². The Kier molecular flexibility index (Phi) is 40.3. The highest BCUT2D eigenvalue weighted by Crippen LogP contribution is 2.43. The van der Waals surface area contributed by atoms with Gasteiger partial charge >= 0.3 is 19.8 Å². The van der Waals surface area contributed by atoms with Crippen molar-refractivity contribution in [1.82, 2.24) is 0 Å². The number of rotatable bonds is 40. The van der Waals surface area contributed by atoms with Gasteiger partial charge in [-0.25, -0.2) is 4.57 Å². The Morgan fingerprint density at radius 3 is 1.63 bits per heavy atom. The van der Waals surface area contributed by atoms with Crippen LogP contribution in [0.3, 0.4) is 0 Å². The van der Waals surface area contributed by atoms with Gasteiger partial charge in [-0.3, -0.25) is 18.6 Å². The SMILES string of the molecule is CCCCC/C=C\C/C=C\C/C=C\C/C=C\CCCCCC(=O)OC[C@H](COP(=O)(O)OC[C@@H](O)CO)OC(=O)CCC/C=C/C=C\C(O)C/C=C\C/C=C\CCCCC. The molecule has 0 fully saturated rings. The van der Waals surface area contributed by atoms with Crippen LogP contribution in [0.15, 0.2) is 97.2 Å². The number of ether oxygens (including phenoxy) is 2. The smallest absolute Gasteiger partial charge is 0.462 e. The van der Waals surface area contributed by atoms with Gasteiger partial charge in [0.25, 0.3) is 0 Å². The molecule has 11 nitrogen and oxygen atoms in total. The number of hydrogen-bond donors (Lipinski definition) is 4. The number of hydrogen-bond acceptors (Lipinski definition) is 10. The highest BCUT2D eigenvalue weighted by Gasteiger charge is 2.27. The maximum atomic E-state index is 12.6. The molecule has 0 bridgehead atoms. The summed E-state index contributed by atoms with van der Waals surface area (Å²) in [6.45, 7) is 2.09. The van der Waals surface area contributed by atoms with E-state index in [-0.39, 0.29) is 19.4 Å². The van der Waals surface area contributed by atoms with E-state index in [9.17, 15) is 29.3 Å². The molecule has 0 rings (SSSR count). The molecule has 0 aliphatic heterocycles. The summed E-state index contributed by atoms with van der Waals surface area (Å²) >= 11 is 0. The van der Waals surface area contributed by atoms with Crippen molar-refractivity contribution in [3.05, 3.63) is 97.2 Å². The summed E-state index contributed by atoms with van der Waals surface area (Å²) in [6, 6.07) is 0. The van der Waals surface area contributed by atoms with E-state index in [4.69, 9.17) is 19.1 Å². The van der Waals surface area contributed by atoms with E-state index in [1.54, 1.807) is 18.2 Å². The largest absolute Gasteiger partial charge is 0.472 e. The average Bonchev–Trinajstić information content (AvgIpc) is 3.23. The lowest BCUT2D eigenvalue weighted by molar-refractivity contribution is -0.161. The zero-order valence-electron chi connectivity index (χ0n) is 36.7. The molecule has 0 saturated carbocycles. The van der Waals surface area contributed by atoms with E-state index in [1.807, 2.05) is 18.2 Å². The van der Waals surface area contributed by atoms with Crippen LogP contribution in [-0.4, -0.2) is 76.9 Å². The minimum atomic E-state index is -4.67. The fourth-order valence-corrected chi connectivity index (χ4v) is 6.07. The minimum Gasteiger partial charge on any atom is -0.462 e. The first-order valence-electron chi connectivity index (χ1n) is 22.3. The molecule has 0 amide bonds. The number of phosphoric acid groups is 1. The summed E-state index contributed by atoms with van der Waals surface area (Å²) in [5.41, 5.74) is 0. The number of carbonyl (C=O) groups excluding carboxylic acids is 2. The third-order valence-electron chi connectivity index (χ3n) is 8.79. The first-order chi connectivity index (χ1) is 29.1. The van der Waals surface area contributed by atoms with Crippen molar-refractivity contribution >= 4 is 19.8 Å². The fraction of sp³-hybridized carbons (Fsp3) is 0.625. The quantitative estimate of drug-likeness (QED) is 0.0152. The Morgan fingerprint density at radius 1 is 0.567 bits per heavy atom. The Bertz CT molecular complexity index is 1330. The molecule has 0 heterocycles. The van der Waals surface area contributed by atoms with Gasteiger partial charge in [-0.15, -0.1) is 0 Å². The number of aliphatic hydroxyl groups is 3. The zero-order valence-corrected chi connectivity index (χ0v) is 37.6. The summed E-state index contributed by atoms with van der Waals surface area (Å²) in [4.78, 5) is 35.0. The van der Waals surface area contributed by atoms with E-state index >= 15 is 0 Å². The lowest BCUT2D eigenvalue weighted by Crippen LogP contribution is -2.29. The number of phosphoric ester groups is 1. The molecule has 0 aliphatic carbocycles. The number of aliphatic hydroxyl groups excluding tert-OH is 3. The summed E-state index contributed by atoms with van der Waals surface area (Å²) in [5, 5.41) is 28.5. The van der Waals surface area contributed by atoms with Gasteiger partial charge < -0.3 is 29.7 Å². The van der Waals surface area contributed by atoms with Crippen LogP contribution in [0.25, 0.3) is 0 Å². The molecule has 2 unspecified atom stereocenters. The van der Waals surface area contributed by atoms with Gasteiger partial charge in [-0.1, -0.05) is 143 Å². The van der Waals surface area contributed by atoms with Gasteiger partial charge in [0.1, 0.15) is 12.7 Å². The molecule has 4 N–H and O–H groups in total. The molecule has 0 aromatic carbocycles. The summed E-state index contributed by atoms with van der Waals surface area (Å²) in [6.07, 6.45) is 48.3. The van der Waals surface area contributed by atoms with Gasteiger partial charge in [-0.05, 0) is 89.9 Å². The molecule has 0 spiro atoms. The first-order valence-corrected chi connectivity index (χ1v) is 23.8. The van der Waals surface area contributed by atoms with E-state index < -0.39 is 57.9 Å².